The minimum absolute atomic E-state index is 0.00409. The maximum atomic E-state index is 13.6. The third-order valence-corrected chi connectivity index (χ3v) is 4.61. The van der Waals surface area contributed by atoms with Crippen molar-refractivity contribution in [1.82, 2.24) is 0 Å². The molecule has 0 spiro atoms. The van der Waals surface area contributed by atoms with Crippen molar-refractivity contribution < 1.29 is 13.4 Å². The van der Waals surface area contributed by atoms with Crippen LogP contribution in [0.2, 0.25) is 5.02 Å². The Bertz CT molecular complexity index is 659. The van der Waals surface area contributed by atoms with Gasteiger partial charge in [0, 0.05) is 39.2 Å². The monoisotopic (exact) mass is 339 g/mol. The quantitative estimate of drug-likeness (QED) is 0.871. The lowest BCUT2D eigenvalue weighted by Crippen LogP contribution is -2.15. The molecule has 0 aliphatic heterocycles. The highest BCUT2D eigenvalue weighted by Crippen LogP contribution is 2.20. The van der Waals surface area contributed by atoms with E-state index in [4.69, 9.17) is 11.6 Å². The fourth-order valence-corrected chi connectivity index (χ4v) is 3.34. The number of amides is 1. The minimum Gasteiger partial charge on any atom is -0.326 e. The van der Waals surface area contributed by atoms with E-state index in [9.17, 15) is 13.4 Å². The predicted octanol–water partition coefficient (Wildman–Crippen LogP) is 3.76. The molecule has 0 heterocycles. The van der Waals surface area contributed by atoms with Gasteiger partial charge in [0.1, 0.15) is 5.82 Å². The second-order valence-corrected chi connectivity index (χ2v) is 6.64. The Labute approximate surface area is 136 Å². The van der Waals surface area contributed by atoms with Crippen molar-refractivity contribution in [2.75, 3.05) is 11.1 Å². The third kappa shape index (κ3) is 4.93. The van der Waals surface area contributed by atoms with Crippen LogP contribution >= 0.6 is 11.6 Å². The Morgan fingerprint density at radius 3 is 2.55 bits per heavy atom. The lowest BCUT2D eigenvalue weighted by atomic mass is 10.2. The van der Waals surface area contributed by atoms with Crippen molar-refractivity contribution >= 4 is 34.0 Å². The van der Waals surface area contributed by atoms with Gasteiger partial charge in [-0.05, 0) is 24.3 Å². The van der Waals surface area contributed by atoms with Gasteiger partial charge in [-0.3, -0.25) is 9.00 Å². The topological polar surface area (TPSA) is 46.2 Å². The lowest BCUT2D eigenvalue weighted by molar-refractivity contribution is -0.115. The summed E-state index contributed by atoms with van der Waals surface area (Å²) in [7, 11) is -1.36. The highest BCUT2D eigenvalue weighted by atomic mass is 35.5. The molecule has 3 nitrogen and oxygen atoms in total. The second-order valence-electron chi connectivity index (χ2n) is 4.65. The zero-order valence-electron chi connectivity index (χ0n) is 11.7. The number of hydrogen-bond donors (Lipinski definition) is 1. The molecule has 0 fully saturated rings. The van der Waals surface area contributed by atoms with Crippen molar-refractivity contribution in [1.29, 1.82) is 0 Å². The Hall–Kier alpha value is -1.72. The van der Waals surface area contributed by atoms with Crippen LogP contribution in [0, 0.1) is 5.82 Å². The summed E-state index contributed by atoms with van der Waals surface area (Å²) in [6.45, 7) is 0. The van der Waals surface area contributed by atoms with E-state index in [1.807, 2.05) is 18.2 Å². The molecular formula is C16H15ClFNO2S. The molecule has 0 aliphatic rings. The zero-order valence-corrected chi connectivity index (χ0v) is 13.3. The van der Waals surface area contributed by atoms with Gasteiger partial charge >= 0.3 is 0 Å². The van der Waals surface area contributed by atoms with E-state index in [1.54, 1.807) is 18.2 Å². The molecule has 0 saturated heterocycles. The summed E-state index contributed by atoms with van der Waals surface area (Å²) >= 11 is 5.89. The van der Waals surface area contributed by atoms with Crippen molar-refractivity contribution in [3.8, 4) is 0 Å². The first-order valence-corrected chi connectivity index (χ1v) is 8.55. The molecule has 1 N–H and O–H groups in total. The van der Waals surface area contributed by atoms with Crippen molar-refractivity contribution in [2.45, 2.75) is 12.2 Å². The average molecular weight is 340 g/mol. The van der Waals surface area contributed by atoms with E-state index in [0.717, 1.165) is 0 Å². The minimum atomic E-state index is -1.36. The van der Waals surface area contributed by atoms with Crippen molar-refractivity contribution in [3.63, 3.8) is 0 Å². The second kappa shape index (κ2) is 8.06. The summed E-state index contributed by atoms with van der Waals surface area (Å²) in [6, 6.07) is 13.4. The van der Waals surface area contributed by atoms with Gasteiger partial charge in [0.25, 0.3) is 0 Å². The van der Waals surface area contributed by atoms with Gasteiger partial charge in [0.2, 0.25) is 5.91 Å². The number of para-hydroxylation sites is 1. The first-order chi connectivity index (χ1) is 10.6. The molecule has 0 unspecified atom stereocenters. The van der Waals surface area contributed by atoms with Crippen LogP contribution in [0.25, 0.3) is 0 Å². The zero-order chi connectivity index (χ0) is 15.9. The molecule has 0 aromatic heterocycles. The van der Waals surface area contributed by atoms with E-state index in [-0.39, 0.29) is 34.4 Å². The average Bonchev–Trinajstić information content (AvgIpc) is 2.50. The molecule has 22 heavy (non-hydrogen) atoms. The van der Waals surface area contributed by atoms with E-state index in [1.165, 1.54) is 12.1 Å². The standard InChI is InChI=1S/C16H15ClFNO2S/c17-14-7-4-8-15(18)13(14)11-22(21)10-9-16(20)19-12-5-2-1-3-6-12/h1-8H,9-11H2,(H,19,20)/t22-/m1/s1. The number of hydrogen-bond acceptors (Lipinski definition) is 2. The number of nitrogens with one attached hydrogen (secondary N) is 1. The molecule has 0 aliphatic carbocycles. The van der Waals surface area contributed by atoms with Crippen molar-refractivity contribution in [2.24, 2.45) is 0 Å². The largest absolute Gasteiger partial charge is 0.326 e. The SMILES string of the molecule is O=C(CC[S@@](=O)Cc1c(F)cccc1Cl)Nc1ccccc1. The van der Waals surface area contributed by atoms with E-state index in [0.29, 0.717) is 5.69 Å². The third-order valence-electron chi connectivity index (χ3n) is 2.98. The van der Waals surface area contributed by atoms with Gasteiger partial charge in [0.05, 0.1) is 5.75 Å². The van der Waals surface area contributed by atoms with Gasteiger partial charge in [-0.25, -0.2) is 4.39 Å². The van der Waals surface area contributed by atoms with E-state index < -0.39 is 16.6 Å². The van der Waals surface area contributed by atoms with Gasteiger partial charge in [-0.1, -0.05) is 35.9 Å². The molecule has 2 aromatic carbocycles. The molecule has 1 atom stereocenters. The summed E-state index contributed by atoms with van der Waals surface area (Å²) in [5, 5.41) is 2.96. The van der Waals surface area contributed by atoms with Crippen LogP contribution in [-0.4, -0.2) is 15.9 Å². The number of carbonyl (C=O) groups is 1. The van der Waals surface area contributed by atoms with Crippen LogP contribution in [0.1, 0.15) is 12.0 Å². The number of halogens is 2. The van der Waals surface area contributed by atoms with E-state index >= 15 is 0 Å². The first-order valence-electron chi connectivity index (χ1n) is 6.69. The number of anilines is 1. The number of carbonyl (C=O) groups excluding carboxylic acids is 1. The molecule has 0 saturated carbocycles. The fourth-order valence-electron chi connectivity index (χ4n) is 1.85. The van der Waals surface area contributed by atoms with Crippen LogP contribution in [0.5, 0.6) is 0 Å². The Morgan fingerprint density at radius 1 is 1.14 bits per heavy atom. The van der Waals surface area contributed by atoms with Crippen LogP contribution < -0.4 is 5.32 Å². The number of benzene rings is 2. The normalized spacial score (nSPS) is 11.9. The summed E-state index contributed by atoms with van der Waals surface area (Å²) in [6.07, 6.45) is 0.105. The molecule has 0 radical (unpaired) electrons. The molecule has 116 valence electrons. The number of rotatable bonds is 6. The fraction of sp³-hybridized carbons (Fsp3) is 0.188. The van der Waals surface area contributed by atoms with Crippen LogP contribution in [0.4, 0.5) is 10.1 Å². The van der Waals surface area contributed by atoms with Gasteiger partial charge in [-0.2, -0.15) is 0 Å². The highest BCUT2D eigenvalue weighted by molar-refractivity contribution is 7.84. The highest BCUT2D eigenvalue weighted by Gasteiger charge is 2.12. The van der Waals surface area contributed by atoms with Crippen LogP contribution in [0.15, 0.2) is 48.5 Å². The summed E-state index contributed by atoms with van der Waals surface area (Å²) < 4.78 is 25.6. The molecule has 0 bridgehead atoms. The summed E-state index contributed by atoms with van der Waals surface area (Å²) in [4.78, 5) is 11.8. The van der Waals surface area contributed by atoms with Crippen LogP contribution in [0.3, 0.4) is 0 Å². The smallest absolute Gasteiger partial charge is 0.225 e. The molecular weight excluding hydrogens is 325 g/mol. The van der Waals surface area contributed by atoms with Crippen LogP contribution in [-0.2, 0) is 21.3 Å². The molecule has 6 heteroatoms. The maximum Gasteiger partial charge on any atom is 0.225 e. The first kappa shape index (κ1) is 16.6. The van der Waals surface area contributed by atoms with Gasteiger partial charge in [0.15, 0.2) is 0 Å². The Kier molecular flexibility index (Phi) is 6.10. The lowest BCUT2D eigenvalue weighted by Gasteiger charge is -2.07. The van der Waals surface area contributed by atoms with Gasteiger partial charge < -0.3 is 5.32 Å². The Balaban J connectivity index is 1.84. The maximum absolute atomic E-state index is 13.6. The predicted molar refractivity (Wildman–Crippen MR) is 87.8 cm³/mol. The van der Waals surface area contributed by atoms with E-state index in [2.05, 4.69) is 5.32 Å². The molecule has 1 amide bonds. The molecule has 2 aromatic rings. The van der Waals surface area contributed by atoms with Gasteiger partial charge in [-0.15, -0.1) is 0 Å². The van der Waals surface area contributed by atoms with Crippen molar-refractivity contribution in [3.05, 3.63) is 64.9 Å². The summed E-state index contributed by atoms with van der Waals surface area (Å²) in [5.74, 6) is -0.540. The summed E-state index contributed by atoms with van der Waals surface area (Å²) in [5.41, 5.74) is 0.918. The Morgan fingerprint density at radius 2 is 1.86 bits per heavy atom. The molecule has 2 rings (SSSR count).